The summed E-state index contributed by atoms with van der Waals surface area (Å²) in [4.78, 5) is 15.4. The van der Waals surface area contributed by atoms with Crippen molar-refractivity contribution in [1.29, 1.82) is 0 Å². The molecule has 1 N–H and O–H groups in total. The van der Waals surface area contributed by atoms with E-state index in [-0.39, 0.29) is 11.9 Å². The van der Waals surface area contributed by atoms with Crippen LogP contribution >= 0.6 is 0 Å². The maximum Gasteiger partial charge on any atom is 0.258 e. The topological polar surface area (TPSA) is 93.5 Å². The molecule has 158 valence electrons. The number of aryl methyl sites for hydroxylation is 1. The summed E-state index contributed by atoms with van der Waals surface area (Å²) in [6.45, 7) is 4.55. The Kier molecular flexibility index (Phi) is 5.48. The molecular formula is C22H26N4O4. The lowest BCUT2D eigenvalue weighted by atomic mass is 9.94. The number of carbonyl (C=O) groups is 1. The maximum absolute atomic E-state index is 13.5. The Morgan fingerprint density at radius 2 is 2.07 bits per heavy atom. The van der Waals surface area contributed by atoms with E-state index < -0.39 is 0 Å². The molecule has 1 amide bonds. The number of piperidine rings is 1. The molecule has 1 aliphatic rings. The van der Waals surface area contributed by atoms with Crippen LogP contribution in [0.25, 0.3) is 11.3 Å². The Morgan fingerprint density at radius 1 is 1.23 bits per heavy atom. The number of H-pyrrole nitrogens is 1. The van der Waals surface area contributed by atoms with Crippen LogP contribution < -0.4 is 9.47 Å². The van der Waals surface area contributed by atoms with Gasteiger partial charge in [0.1, 0.15) is 11.5 Å². The Bertz CT molecular complexity index is 1060. The van der Waals surface area contributed by atoms with Gasteiger partial charge in [0, 0.05) is 18.2 Å². The van der Waals surface area contributed by atoms with Crippen molar-refractivity contribution < 1.29 is 18.8 Å². The Balaban J connectivity index is 1.71. The van der Waals surface area contributed by atoms with E-state index in [1.54, 1.807) is 38.6 Å². The largest absolute Gasteiger partial charge is 0.497 e. The average Bonchev–Trinajstić information content (AvgIpc) is 3.39. The molecule has 0 saturated carbocycles. The van der Waals surface area contributed by atoms with E-state index in [1.165, 1.54) is 0 Å². The highest BCUT2D eigenvalue weighted by Crippen LogP contribution is 2.38. The first-order valence-corrected chi connectivity index (χ1v) is 10.0. The first-order valence-electron chi connectivity index (χ1n) is 10.0. The van der Waals surface area contributed by atoms with E-state index in [0.717, 1.165) is 41.8 Å². The molecule has 4 rings (SSSR count). The van der Waals surface area contributed by atoms with Crippen molar-refractivity contribution in [2.45, 2.75) is 39.2 Å². The summed E-state index contributed by atoms with van der Waals surface area (Å²) in [6.07, 6.45) is 4.56. The number of nitrogens with zero attached hydrogens (tertiary/aromatic N) is 3. The van der Waals surface area contributed by atoms with Crippen molar-refractivity contribution in [3.63, 3.8) is 0 Å². The number of likely N-dealkylation sites (tertiary alicyclic amines) is 1. The summed E-state index contributed by atoms with van der Waals surface area (Å²) in [6, 6.07) is 5.12. The molecule has 1 fully saturated rings. The fraction of sp³-hybridized carbons (Fsp3) is 0.409. The van der Waals surface area contributed by atoms with E-state index in [2.05, 4.69) is 15.4 Å². The number of hydrogen-bond acceptors (Lipinski definition) is 6. The average molecular weight is 410 g/mol. The summed E-state index contributed by atoms with van der Waals surface area (Å²) in [5.74, 6) is 1.75. The zero-order valence-corrected chi connectivity index (χ0v) is 17.7. The summed E-state index contributed by atoms with van der Waals surface area (Å²) in [7, 11) is 3.14. The zero-order valence-electron chi connectivity index (χ0n) is 17.7. The second-order valence-electron chi connectivity index (χ2n) is 7.50. The van der Waals surface area contributed by atoms with E-state index in [9.17, 15) is 4.79 Å². The van der Waals surface area contributed by atoms with Crippen molar-refractivity contribution in [3.05, 3.63) is 46.9 Å². The Morgan fingerprint density at radius 3 is 2.77 bits per heavy atom. The molecule has 0 aliphatic carbocycles. The molecule has 8 heteroatoms. The van der Waals surface area contributed by atoms with Crippen LogP contribution in [0.2, 0.25) is 0 Å². The molecule has 0 spiro atoms. The molecule has 0 bridgehead atoms. The Hall–Kier alpha value is -3.29. The van der Waals surface area contributed by atoms with Gasteiger partial charge in [-0.3, -0.25) is 9.89 Å². The van der Waals surface area contributed by atoms with E-state index in [4.69, 9.17) is 14.0 Å². The molecule has 0 unspecified atom stereocenters. The highest BCUT2D eigenvalue weighted by Gasteiger charge is 2.34. The van der Waals surface area contributed by atoms with Gasteiger partial charge in [0.05, 0.1) is 49.0 Å². The molecular weight excluding hydrogens is 384 g/mol. The van der Waals surface area contributed by atoms with Gasteiger partial charge in [0.2, 0.25) is 0 Å². The van der Waals surface area contributed by atoms with Crippen molar-refractivity contribution in [1.82, 2.24) is 20.3 Å². The molecule has 30 heavy (non-hydrogen) atoms. The van der Waals surface area contributed by atoms with E-state index >= 15 is 0 Å². The SMILES string of the molecule is COc1ccc(C(=O)N2CCCC[C@@H]2c2[nH]ncc2-c2onc(C)c2C)c(OC)c1. The van der Waals surface area contributed by atoms with Gasteiger partial charge < -0.3 is 18.9 Å². The second-order valence-corrected chi connectivity index (χ2v) is 7.50. The third-order valence-electron chi connectivity index (χ3n) is 5.81. The van der Waals surface area contributed by atoms with Crippen LogP contribution in [0, 0.1) is 13.8 Å². The van der Waals surface area contributed by atoms with E-state index in [1.807, 2.05) is 18.7 Å². The summed E-state index contributed by atoms with van der Waals surface area (Å²) in [5, 5.41) is 11.4. The number of nitrogens with one attached hydrogen (secondary N) is 1. The minimum atomic E-state index is -0.139. The highest BCUT2D eigenvalue weighted by atomic mass is 16.5. The Labute approximate surface area is 175 Å². The van der Waals surface area contributed by atoms with Crippen molar-refractivity contribution in [2.24, 2.45) is 0 Å². The molecule has 3 aromatic rings. The molecule has 1 aliphatic heterocycles. The lowest BCUT2D eigenvalue weighted by Crippen LogP contribution is -2.39. The van der Waals surface area contributed by atoms with Crippen LogP contribution in [0.1, 0.15) is 52.6 Å². The standard InChI is InChI=1S/C22H26N4O4/c1-13-14(2)25-30-21(13)17-12-23-24-20(17)18-7-5-6-10-26(18)22(27)16-9-8-15(28-3)11-19(16)29-4/h8-9,11-12,18H,5-7,10H2,1-4H3,(H,23,24)/t18-/m1/s1. The van der Waals surface area contributed by atoms with Crippen molar-refractivity contribution in [2.75, 3.05) is 20.8 Å². The van der Waals surface area contributed by atoms with Gasteiger partial charge in [-0.15, -0.1) is 0 Å². The number of benzene rings is 1. The lowest BCUT2D eigenvalue weighted by Gasteiger charge is -2.36. The predicted molar refractivity (Wildman–Crippen MR) is 111 cm³/mol. The van der Waals surface area contributed by atoms with Crippen LogP contribution in [0.3, 0.4) is 0 Å². The first kappa shape index (κ1) is 20.0. The monoisotopic (exact) mass is 410 g/mol. The number of aromatic nitrogens is 3. The minimum Gasteiger partial charge on any atom is -0.497 e. The van der Waals surface area contributed by atoms with Crippen LogP contribution in [0.4, 0.5) is 0 Å². The smallest absolute Gasteiger partial charge is 0.258 e. The van der Waals surface area contributed by atoms with Crippen LogP contribution in [0.15, 0.2) is 28.9 Å². The zero-order chi connectivity index (χ0) is 21.3. The fourth-order valence-corrected chi connectivity index (χ4v) is 4.00. The molecule has 1 atom stereocenters. The fourth-order valence-electron chi connectivity index (χ4n) is 4.00. The van der Waals surface area contributed by atoms with Crippen molar-refractivity contribution >= 4 is 5.91 Å². The summed E-state index contributed by atoms with van der Waals surface area (Å²) >= 11 is 0. The third kappa shape index (κ3) is 3.42. The van der Waals surface area contributed by atoms with Gasteiger partial charge in [-0.2, -0.15) is 5.10 Å². The predicted octanol–water partition coefficient (Wildman–Crippen LogP) is 4.07. The number of ether oxygens (including phenoxy) is 2. The van der Waals surface area contributed by atoms with Gasteiger partial charge in [-0.25, -0.2) is 0 Å². The van der Waals surface area contributed by atoms with Crippen LogP contribution in [-0.4, -0.2) is 46.9 Å². The number of hydrogen-bond donors (Lipinski definition) is 1. The van der Waals surface area contributed by atoms with Gasteiger partial charge >= 0.3 is 0 Å². The second kappa shape index (κ2) is 8.22. The summed E-state index contributed by atoms with van der Waals surface area (Å²) < 4.78 is 16.3. The maximum atomic E-state index is 13.5. The van der Waals surface area contributed by atoms with Gasteiger partial charge in [-0.05, 0) is 45.2 Å². The van der Waals surface area contributed by atoms with Crippen molar-refractivity contribution in [3.8, 4) is 22.8 Å². The first-order chi connectivity index (χ1) is 14.5. The molecule has 3 heterocycles. The molecule has 8 nitrogen and oxygen atoms in total. The molecule has 1 saturated heterocycles. The molecule has 1 aromatic carbocycles. The number of amides is 1. The number of carbonyl (C=O) groups excluding carboxylic acids is 1. The lowest BCUT2D eigenvalue weighted by molar-refractivity contribution is 0.0603. The number of methoxy groups -OCH3 is 2. The van der Waals surface area contributed by atoms with Gasteiger partial charge in [-0.1, -0.05) is 5.16 Å². The summed E-state index contributed by atoms with van der Waals surface area (Å²) in [5.41, 5.74) is 4.05. The molecule has 0 radical (unpaired) electrons. The normalized spacial score (nSPS) is 16.5. The minimum absolute atomic E-state index is 0.0785. The quantitative estimate of drug-likeness (QED) is 0.682. The number of aromatic amines is 1. The van der Waals surface area contributed by atoms with Gasteiger partial charge in [0.25, 0.3) is 5.91 Å². The number of rotatable bonds is 5. The highest BCUT2D eigenvalue weighted by molar-refractivity contribution is 5.97. The molecule has 2 aromatic heterocycles. The van der Waals surface area contributed by atoms with Crippen LogP contribution in [0.5, 0.6) is 11.5 Å². The van der Waals surface area contributed by atoms with Crippen LogP contribution in [-0.2, 0) is 0 Å². The third-order valence-corrected chi connectivity index (χ3v) is 5.81. The van der Waals surface area contributed by atoms with E-state index in [0.29, 0.717) is 29.4 Å². The van der Waals surface area contributed by atoms with Gasteiger partial charge in [0.15, 0.2) is 5.76 Å².